The molecule has 144 valence electrons. The number of carbonyl (C=O) groups excluding carboxylic acids is 2. The zero-order valence-electron chi connectivity index (χ0n) is 15.5. The highest BCUT2D eigenvalue weighted by Crippen LogP contribution is 2.28. The summed E-state index contributed by atoms with van der Waals surface area (Å²) >= 11 is 0. The Morgan fingerprint density at radius 2 is 1.84 bits per heavy atom. The molecule has 4 atom stereocenters. The topological polar surface area (TPSA) is 102 Å². The van der Waals surface area contributed by atoms with Crippen molar-refractivity contribution in [3.05, 3.63) is 0 Å². The third-order valence-electron chi connectivity index (χ3n) is 3.83. The maximum Gasteiger partial charge on any atom is 0.509 e. The summed E-state index contributed by atoms with van der Waals surface area (Å²) in [6, 6.07) is -0.280. The van der Waals surface area contributed by atoms with Gasteiger partial charge in [0.05, 0.1) is 25.3 Å². The summed E-state index contributed by atoms with van der Waals surface area (Å²) in [7, 11) is 6.44. The summed E-state index contributed by atoms with van der Waals surface area (Å²) in [6.45, 7) is 2.19. The molecule has 0 bridgehead atoms. The van der Waals surface area contributed by atoms with Crippen molar-refractivity contribution in [1.82, 2.24) is 5.32 Å². The predicted octanol–water partition coefficient (Wildman–Crippen LogP) is -0.931. The van der Waals surface area contributed by atoms with Gasteiger partial charge in [-0.3, -0.25) is 4.79 Å². The second-order valence-corrected chi connectivity index (χ2v) is 5.72. The molecule has 25 heavy (non-hydrogen) atoms. The van der Waals surface area contributed by atoms with E-state index in [4.69, 9.17) is 28.4 Å². The van der Waals surface area contributed by atoms with E-state index in [1.807, 2.05) is 14.8 Å². The number of methoxy groups -OCH3 is 2. The lowest BCUT2D eigenvalue weighted by atomic mass is 9.92. The van der Waals surface area contributed by atoms with Gasteiger partial charge in [0.15, 0.2) is 12.7 Å². The lowest BCUT2D eigenvalue weighted by Gasteiger charge is -2.27. The molecule has 1 saturated heterocycles. The maximum atomic E-state index is 11.9. The average Bonchev–Trinajstić information content (AvgIpc) is 2.88. The van der Waals surface area contributed by atoms with Gasteiger partial charge in [0, 0.05) is 21.3 Å². The highest BCUT2D eigenvalue weighted by molar-refractivity contribution is 6.11. The summed E-state index contributed by atoms with van der Waals surface area (Å²) in [5.41, 5.74) is 0. The molecule has 1 fully saturated rings. The molecule has 1 unspecified atom stereocenters. The number of amides is 1. The van der Waals surface area contributed by atoms with Gasteiger partial charge in [0.1, 0.15) is 20.1 Å². The number of likely N-dealkylation sites (N-methyl/N-ethyl adjacent to an activating group) is 1. The molecule has 0 aromatic rings. The molecule has 0 aromatic carbocycles. The first-order valence-corrected chi connectivity index (χ1v) is 8.29. The second kappa shape index (κ2) is 11.3. The van der Waals surface area contributed by atoms with Crippen molar-refractivity contribution in [3.8, 4) is 0 Å². The van der Waals surface area contributed by atoms with E-state index in [9.17, 15) is 9.59 Å². The van der Waals surface area contributed by atoms with Gasteiger partial charge < -0.3 is 33.7 Å². The Labute approximate surface area is 149 Å². The molecular weight excluding hydrogens is 333 g/mol. The molecule has 0 aliphatic carbocycles. The molecule has 9 nitrogen and oxygen atoms in total. The van der Waals surface area contributed by atoms with E-state index in [1.54, 1.807) is 14.2 Å². The van der Waals surface area contributed by atoms with Crippen LogP contribution < -0.4 is 5.32 Å². The van der Waals surface area contributed by atoms with Crippen LogP contribution in [0.15, 0.2) is 0 Å². The fraction of sp³-hybridized carbons (Fsp3) is 0.867. The van der Waals surface area contributed by atoms with Crippen molar-refractivity contribution in [2.75, 3.05) is 41.1 Å². The van der Waals surface area contributed by atoms with Crippen LogP contribution in [-0.4, -0.2) is 91.4 Å². The zero-order chi connectivity index (χ0) is 18.8. The highest BCUT2D eigenvalue weighted by atomic mass is 16.7. The standard InChI is InChI=1S/C15H28BNO8/c1-5-10-12(25-15(19)22-8-11(18)17-2)13(14(16)24-10)23-9(6-20-3)7-21-4/h9-10,12-14H,5-8,16H2,1-4H3,(H,17,18)/t10-,12?,13+,14-/m1/s1. The molecule has 1 rings (SSSR count). The summed E-state index contributed by atoms with van der Waals surface area (Å²) in [6.07, 6.45) is -2.08. The smallest absolute Gasteiger partial charge is 0.425 e. The molecule has 1 heterocycles. The zero-order valence-corrected chi connectivity index (χ0v) is 15.5. The number of nitrogens with one attached hydrogen (secondary N) is 1. The van der Waals surface area contributed by atoms with Crippen molar-refractivity contribution in [3.63, 3.8) is 0 Å². The van der Waals surface area contributed by atoms with Crippen LogP contribution >= 0.6 is 0 Å². The normalized spacial score (nSPS) is 25.8. The Morgan fingerprint density at radius 1 is 1.20 bits per heavy atom. The predicted molar refractivity (Wildman–Crippen MR) is 90.2 cm³/mol. The number of carbonyl (C=O) groups is 2. The molecule has 10 heteroatoms. The number of rotatable bonds is 10. The minimum Gasteiger partial charge on any atom is -0.425 e. The van der Waals surface area contributed by atoms with Gasteiger partial charge in [-0.15, -0.1) is 0 Å². The van der Waals surface area contributed by atoms with Crippen LogP contribution in [-0.2, 0) is 33.2 Å². The average molecular weight is 361 g/mol. The van der Waals surface area contributed by atoms with Crippen LogP contribution in [0.2, 0.25) is 0 Å². The van der Waals surface area contributed by atoms with Crippen molar-refractivity contribution in [2.45, 2.75) is 43.8 Å². The first-order valence-electron chi connectivity index (χ1n) is 8.29. The van der Waals surface area contributed by atoms with E-state index >= 15 is 0 Å². The fourth-order valence-corrected chi connectivity index (χ4v) is 2.63. The molecular formula is C15H28BNO8. The van der Waals surface area contributed by atoms with E-state index in [1.165, 1.54) is 7.05 Å². The quantitative estimate of drug-likeness (QED) is 0.393. The Morgan fingerprint density at radius 3 is 2.36 bits per heavy atom. The Hall–Kier alpha value is -1.36. The lowest BCUT2D eigenvalue weighted by molar-refractivity contribution is -0.127. The summed E-state index contributed by atoms with van der Waals surface area (Å²) in [5, 5.41) is 2.36. The number of ether oxygens (including phenoxy) is 6. The van der Waals surface area contributed by atoms with E-state index in [0.717, 1.165) is 0 Å². The van der Waals surface area contributed by atoms with Gasteiger partial charge in [-0.05, 0) is 6.42 Å². The van der Waals surface area contributed by atoms with Crippen LogP contribution in [0.4, 0.5) is 4.79 Å². The van der Waals surface area contributed by atoms with Gasteiger partial charge in [-0.25, -0.2) is 4.79 Å². The molecule has 0 spiro atoms. The van der Waals surface area contributed by atoms with Gasteiger partial charge in [-0.2, -0.15) is 0 Å². The van der Waals surface area contributed by atoms with Crippen LogP contribution in [0.25, 0.3) is 0 Å². The molecule has 1 N–H and O–H groups in total. The van der Waals surface area contributed by atoms with E-state index < -0.39 is 30.9 Å². The Kier molecular flexibility index (Phi) is 9.80. The van der Waals surface area contributed by atoms with Crippen molar-refractivity contribution in [1.29, 1.82) is 0 Å². The van der Waals surface area contributed by atoms with E-state index in [-0.39, 0.29) is 18.2 Å². The van der Waals surface area contributed by atoms with Crippen molar-refractivity contribution < 1.29 is 38.0 Å². The van der Waals surface area contributed by atoms with Gasteiger partial charge in [0.2, 0.25) is 0 Å². The molecule has 1 aliphatic rings. The monoisotopic (exact) mass is 361 g/mol. The van der Waals surface area contributed by atoms with Gasteiger partial charge >= 0.3 is 6.16 Å². The van der Waals surface area contributed by atoms with Crippen LogP contribution in [0, 0.1) is 0 Å². The molecule has 1 aliphatic heterocycles. The maximum absolute atomic E-state index is 11.9. The molecule has 1 amide bonds. The minimum atomic E-state index is -0.937. The summed E-state index contributed by atoms with van der Waals surface area (Å²) in [5.74, 6) is -0.423. The first-order chi connectivity index (χ1) is 12.0. The Balaban J connectivity index is 2.72. The lowest BCUT2D eigenvalue weighted by Crippen LogP contribution is -2.43. The SMILES string of the molecule is B[C@@H]1O[C@H](CC)C(OC(=O)OCC(=O)NC)[C@@H]1OC(COC)COC. The number of hydrogen-bond acceptors (Lipinski definition) is 8. The van der Waals surface area contributed by atoms with Crippen LogP contribution in [0.1, 0.15) is 13.3 Å². The van der Waals surface area contributed by atoms with Crippen molar-refractivity contribution >= 4 is 19.9 Å². The van der Waals surface area contributed by atoms with Crippen LogP contribution in [0.5, 0.6) is 0 Å². The van der Waals surface area contributed by atoms with Gasteiger partial charge in [-0.1, -0.05) is 6.92 Å². The first kappa shape index (κ1) is 21.7. The second-order valence-electron chi connectivity index (χ2n) is 5.72. The van der Waals surface area contributed by atoms with Gasteiger partial charge in [0.25, 0.3) is 5.91 Å². The largest absolute Gasteiger partial charge is 0.509 e. The molecule has 0 saturated carbocycles. The summed E-state index contributed by atoms with van der Waals surface area (Å²) < 4.78 is 32.3. The van der Waals surface area contributed by atoms with Crippen molar-refractivity contribution in [2.24, 2.45) is 0 Å². The van der Waals surface area contributed by atoms with Crippen LogP contribution in [0.3, 0.4) is 0 Å². The number of hydrogen-bond donors (Lipinski definition) is 1. The van der Waals surface area contributed by atoms with E-state index in [2.05, 4.69) is 5.32 Å². The van der Waals surface area contributed by atoms with E-state index in [0.29, 0.717) is 19.6 Å². The molecule has 0 radical (unpaired) electrons. The third-order valence-corrected chi connectivity index (χ3v) is 3.83. The fourth-order valence-electron chi connectivity index (χ4n) is 2.63. The highest BCUT2D eigenvalue weighted by Gasteiger charge is 2.46. The Bertz CT molecular complexity index is 418. The molecule has 0 aromatic heterocycles. The minimum absolute atomic E-state index is 0.280. The summed E-state index contributed by atoms with van der Waals surface area (Å²) in [4.78, 5) is 23.0. The third kappa shape index (κ3) is 6.81.